The highest BCUT2D eigenvalue weighted by Gasteiger charge is 2.21. The number of benzene rings is 2. The third kappa shape index (κ3) is 2.12. The van der Waals surface area contributed by atoms with Crippen LogP contribution in [0.5, 0.6) is 0 Å². The van der Waals surface area contributed by atoms with Crippen LogP contribution in [0.4, 0.5) is 8.78 Å². The molecule has 0 fully saturated rings. The van der Waals surface area contributed by atoms with Gasteiger partial charge in [0.15, 0.2) is 0 Å². The highest BCUT2D eigenvalue weighted by molar-refractivity contribution is 5.41. The molecule has 1 nitrogen and oxygen atoms in total. The van der Waals surface area contributed by atoms with E-state index >= 15 is 0 Å². The van der Waals surface area contributed by atoms with Crippen LogP contribution in [0.3, 0.4) is 0 Å². The molecule has 2 aromatic carbocycles. The Morgan fingerprint density at radius 2 is 1.80 bits per heavy atom. The molecule has 1 aliphatic carbocycles. The molecule has 0 saturated heterocycles. The van der Waals surface area contributed by atoms with Gasteiger partial charge < -0.3 is 5.73 Å². The summed E-state index contributed by atoms with van der Waals surface area (Å²) in [5, 5.41) is 0. The van der Waals surface area contributed by atoms with E-state index in [2.05, 4.69) is 0 Å². The first kappa shape index (κ1) is 13.3. The number of rotatable bonds is 2. The second kappa shape index (κ2) is 4.98. The lowest BCUT2D eigenvalue weighted by atomic mass is 9.94. The van der Waals surface area contributed by atoms with E-state index in [9.17, 15) is 8.78 Å². The predicted octanol–water partition coefficient (Wildman–Crippen LogP) is 3.81. The van der Waals surface area contributed by atoms with Crippen LogP contribution in [0.15, 0.2) is 30.3 Å². The van der Waals surface area contributed by atoms with Crippen molar-refractivity contribution in [1.29, 1.82) is 0 Å². The minimum atomic E-state index is -0.763. The highest BCUT2D eigenvalue weighted by Crippen LogP contribution is 2.30. The first-order valence-corrected chi connectivity index (χ1v) is 6.89. The Labute approximate surface area is 117 Å². The van der Waals surface area contributed by atoms with Crippen LogP contribution in [0.1, 0.15) is 40.3 Å². The average Bonchev–Trinajstić information content (AvgIpc) is 2.90. The molecule has 0 aromatic heterocycles. The van der Waals surface area contributed by atoms with Gasteiger partial charge in [0.2, 0.25) is 0 Å². The second-order valence-electron chi connectivity index (χ2n) is 5.45. The Hall–Kier alpha value is -1.74. The van der Waals surface area contributed by atoms with Crippen LogP contribution in [0.2, 0.25) is 0 Å². The van der Waals surface area contributed by atoms with Gasteiger partial charge in [-0.2, -0.15) is 0 Å². The van der Waals surface area contributed by atoms with Gasteiger partial charge in [-0.15, -0.1) is 0 Å². The van der Waals surface area contributed by atoms with Gasteiger partial charge in [-0.05, 0) is 54.5 Å². The molecule has 2 N–H and O–H groups in total. The van der Waals surface area contributed by atoms with Gasteiger partial charge in [-0.1, -0.05) is 24.3 Å². The van der Waals surface area contributed by atoms with Gasteiger partial charge in [0.1, 0.15) is 11.6 Å². The first-order valence-electron chi connectivity index (χ1n) is 6.89. The van der Waals surface area contributed by atoms with E-state index in [1.807, 2.05) is 18.2 Å². The lowest BCUT2D eigenvalue weighted by Crippen LogP contribution is -2.16. The molecule has 0 radical (unpaired) electrons. The maximum absolute atomic E-state index is 14.2. The molecule has 1 unspecified atom stereocenters. The number of fused-ring (bicyclic) bond motifs is 1. The summed E-state index contributed by atoms with van der Waals surface area (Å²) in [5.41, 5.74) is 9.83. The minimum absolute atomic E-state index is 0.0389. The van der Waals surface area contributed by atoms with E-state index in [-0.39, 0.29) is 5.56 Å². The Morgan fingerprint density at radius 3 is 2.60 bits per heavy atom. The van der Waals surface area contributed by atoms with Gasteiger partial charge in [0.05, 0.1) is 6.04 Å². The van der Waals surface area contributed by atoms with E-state index < -0.39 is 17.7 Å². The third-order valence-electron chi connectivity index (χ3n) is 4.11. The average molecular weight is 273 g/mol. The Balaban J connectivity index is 2.05. The lowest BCUT2D eigenvalue weighted by Gasteiger charge is -2.16. The van der Waals surface area contributed by atoms with Crippen molar-refractivity contribution in [2.75, 3.05) is 0 Å². The number of hydrogen-bond donors (Lipinski definition) is 1. The van der Waals surface area contributed by atoms with Crippen molar-refractivity contribution in [3.63, 3.8) is 0 Å². The van der Waals surface area contributed by atoms with Crippen molar-refractivity contribution >= 4 is 0 Å². The maximum Gasteiger partial charge on any atom is 0.134 e. The molecular weight excluding hydrogens is 256 g/mol. The number of nitrogens with two attached hydrogens (primary N) is 1. The van der Waals surface area contributed by atoms with Crippen molar-refractivity contribution in [1.82, 2.24) is 0 Å². The fourth-order valence-electron chi connectivity index (χ4n) is 2.92. The predicted molar refractivity (Wildman–Crippen MR) is 75.6 cm³/mol. The highest BCUT2D eigenvalue weighted by atomic mass is 19.1. The van der Waals surface area contributed by atoms with Gasteiger partial charge in [-0.25, -0.2) is 8.78 Å². The summed E-state index contributed by atoms with van der Waals surface area (Å²) in [6.07, 6.45) is 3.24. The monoisotopic (exact) mass is 273 g/mol. The van der Waals surface area contributed by atoms with Crippen molar-refractivity contribution < 1.29 is 8.78 Å². The molecular formula is C17H17F2N. The Morgan fingerprint density at radius 1 is 1.05 bits per heavy atom. The molecule has 2 aromatic rings. The van der Waals surface area contributed by atoms with Crippen LogP contribution < -0.4 is 5.73 Å². The maximum atomic E-state index is 14.2. The van der Waals surface area contributed by atoms with Crippen LogP contribution in [-0.2, 0) is 12.8 Å². The standard InChI is InChI=1S/C17H17F2N/c1-10-5-8-14(18)15(16(10)19)17(20)13-7-6-11-3-2-4-12(11)9-13/h5-9,17H,2-4,20H2,1H3. The van der Waals surface area contributed by atoms with E-state index in [0.29, 0.717) is 5.56 Å². The summed E-state index contributed by atoms with van der Waals surface area (Å²) in [6, 6.07) is 7.86. The zero-order valence-electron chi connectivity index (χ0n) is 11.4. The van der Waals surface area contributed by atoms with Crippen LogP contribution in [0, 0.1) is 18.6 Å². The molecule has 0 aliphatic heterocycles. The molecule has 0 heterocycles. The van der Waals surface area contributed by atoms with Gasteiger partial charge in [0.25, 0.3) is 0 Å². The van der Waals surface area contributed by atoms with Crippen molar-refractivity contribution in [3.8, 4) is 0 Å². The molecule has 20 heavy (non-hydrogen) atoms. The molecule has 0 spiro atoms. The fraction of sp³-hybridized carbons (Fsp3) is 0.294. The zero-order chi connectivity index (χ0) is 14.3. The van der Waals surface area contributed by atoms with E-state index in [0.717, 1.165) is 24.8 Å². The summed E-state index contributed by atoms with van der Waals surface area (Å²) in [6.45, 7) is 1.62. The minimum Gasteiger partial charge on any atom is -0.320 e. The first-order chi connectivity index (χ1) is 9.58. The Kier molecular flexibility index (Phi) is 3.30. The molecule has 3 rings (SSSR count). The Bertz CT molecular complexity index is 664. The number of halogens is 2. The lowest BCUT2D eigenvalue weighted by molar-refractivity contribution is 0.538. The van der Waals surface area contributed by atoms with E-state index in [1.165, 1.54) is 23.3 Å². The molecule has 0 saturated carbocycles. The normalized spacial score (nSPS) is 15.2. The topological polar surface area (TPSA) is 26.0 Å². The number of hydrogen-bond acceptors (Lipinski definition) is 1. The smallest absolute Gasteiger partial charge is 0.134 e. The molecule has 1 aliphatic rings. The second-order valence-corrected chi connectivity index (χ2v) is 5.45. The van der Waals surface area contributed by atoms with Crippen LogP contribution in [-0.4, -0.2) is 0 Å². The molecule has 0 amide bonds. The largest absolute Gasteiger partial charge is 0.320 e. The fourth-order valence-corrected chi connectivity index (χ4v) is 2.92. The number of aryl methyl sites for hydroxylation is 3. The van der Waals surface area contributed by atoms with Crippen molar-refractivity contribution in [3.05, 3.63) is 69.8 Å². The van der Waals surface area contributed by atoms with Gasteiger partial charge >= 0.3 is 0 Å². The van der Waals surface area contributed by atoms with Gasteiger partial charge in [-0.3, -0.25) is 0 Å². The third-order valence-corrected chi connectivity index (χ3v) is 4.11. The van der Waals surface area contributed by atoms with Gasteiger partial charge in [0, 0.05) is 5.56 Å². The van der Waals surface area contributed by atoms with E-state index in [4.69, 9.17) is 5.73 Å². The molecule has 104 valence electrons. The molecule has 0 bridgehead atoms. The molecule has 1 atom stereocenters. The summed E-state index contributed by atoms with van der Waals surface area (Å²) in [5.74, 6) is -1.13. The summed E-state index contributed by atoms with van der Waals surface area (Å²) < 4.78 is 28.1. The van der Waals surface area contributed by atoms with Crippen molar-refractivity contribution in [2.24, 2.45) is 5.73 Å². The summed E-state index contributed by atoms with van der Waals surface area (Å²) in [4.78, 5) is 0. The van der Waals surface area contributed by atoms with E-state index in [1.54, 1.807) is 6.92 Å². The summed E-state index contributed by atoms with van der Waals surface area (Å²) in [7, 11) is 0. The summed E-state index contributed by atoms with van der Waals surface area (Å²) >= 11 is 0. The molecule has 3 heteroatoms. The quantitative estimate of drug-likeness (QED) is 0.884. The van der Waals surface area contributed by atoms with Crippen LogP contribution >= 0.6 is 0 Å². The van der Waals surface area contributed by atoms with Crippen LogP contribution in [0.25, 0.3) is 0 Å². The SMILES string of the molecule is Cc1ccc(F)c(C(N)c2ccc3c(c2)CCC3)c1F. The van der Waals surface area contributed by atoms with Crippen molar-refractivity contribution in [2.45, 2.75) is 32.2 Å². The zero-order valence-corrected chi connectivity index (χ0v) is 11.4.